The van der Waals surface area contributed by atoms with Gasteiger partial charge < -0.3 is 14.7 Å². The van der Waals surface area contributed by atoms with E-state index in [2.05, 4.69) is 0 Å². The molecule has 0 saturated heterocycles. The minimum Gasteiger partial charge on any atom is -0.494 e. The molecule has 0 bridgehead atoms. The summed E-state index contributed by atoms with van der Waals surface area (Å²) < 4.78 is 5.60. The fraction of sp³-hybridized carbons (Fsp3) is 0.300. The average molecular weight is 376 g/mol. The molecule has 0 fully saturated rings. The Labute approximate surface area is 158 Å². The topological polar surface area (TPSA) is 66.8 Å². The lowest BCUT2D eigenvalue weighted by atomic mass is 10.0. The minimum absolute atomic E-state index is 0.0170. The van der Waals surface area contributed by atoms with Crippen molar-refractivity contribution in [2.45, 2.75) is 19.3 Å². The van der Waals surface area contributed by atoms with Crippen molar-refractivity contribution < 1.29 is 19.4 Å². The predicted molar refractivity (Wildman–Crippen MR) is 101 cm³/mol. The fourth-order valence-electron chi connectivity index (χ4n) is 2.53. The SMILES string of the molecule is CN(CCCOc1ccc(Cl)cc1)C(=O)CCc1ccccc1C(=O)O. The molecule has 2 aromatic rings. The molecule has 0 aliphatic rings. The number of carboxylic acids is 1. The lowest BCUT2D eigenvalue weighted by Crippen LogP contribution is -2.29. The normalized spacial score (nSPS) is 10.4. The Hall–Kier alpha value is -2.53. The van der Waals surface area contributed by atoms with Crippen LogP contribution in [0.1, 0.15) is 28.8 Å². The molecule has 0 radical (unpaired) electrons. The lowest BCUT2D eigenvalue weighted by molar-refractivity contribution is -0.129. The van der Waals surface area contributed by atoms with Gasteiger partial charge in [-0.2, -0.15) is 0 Å². The number of aryl methyl sites for hydroxylation is 1. The van der Waals surface area contributed by atoms with Crippen LogP contribution in [0.3, 0.4) is 0 Å². The van der Waals surface area contributed by atoms with Gasteiger partial charge in [-0.3, -0.25) is 4.79 Å². The number of nitrogens with zero attached hydrogens (tertiary/aromatic N) is 1. The van der Waals surface area contributed by atoms with Gasteiger partial charge in [0.15, 0.2) is 0 Å². The second kappa shape index (κ2) is 9.82. The largest absolute Gasteiger partial charge is 0.494 e. The minimum atomic E-state index is -0.972. The molecule has 0 aromatic heterocycles. The van der Waals surface area contributed by atoms with Crippen LogP contribution in [0.4, 0.5) is 0 Å². The van der Waals surface area contributed by atoms with Crippen LogP contribution in [0.25, 0.3) is 0 Å². The average Bonchev–Trinajstić information content (AvgIpc) is 2.64. The Morgan fingerprint density at radius 3 is 2.50 bits per heavy atom. The van der Waals surface area contributed by atoms with Crippen molar-refractivity contribution in [1.82, 2.24) is 4.90 Å². The summed E-state index contributed by atoms with van der Waals surface area (Å²) >= 11 is 5.82. The molecular formula is C20H22ClNO4. The van der Waals surface area contributed by atoms with Gasteiger partial charge in [-0.1, -0.05) is 29.8 Å². The van der Waals surface area contributed by atoms with E-state index >= 15 is 0 Å². The van der Waals surface area contributed by atoms with E-state index in [1.54, 1.807) is 60.5 Å². The number of hydrogen-bond donors (Lipinski definition) is 1. The first-order chi connectivity index (χ1) is 12.5. The van der Waals surface area contributed by atoms with Crippen molar-refractivity contribution >= 4 is 23.5 Å². The molecule has 0 aliphatic heterocycles. The van der Waals surface area contributed by atoms with Gasteiger partial charge in [0.25, 0.3) is 0 Å². The fourth-order valence-corrected chi connectivity index (χ4v) is 2.65. The summed E-state index contributed by atoms with van der Waals surface area (Å²) in [5, 5.41) is 9.84. The van der Waals surface area contributed by atoms with Crippen LogP contribution in [0.2, 0.25) is 5.02 Å². The summed E-state index contributed by atoms with van der Waals surface area (Å²) in [5.41, 5.74) is 0.923. The Morgan fingerprint density at radius 2 is 1.81 bits per heavy atom. The zero-order valence-electron chi connectivity index (χ0n) is 14.7. The number of aromatic carboxylic acids is 1. The molecule has 2 rings (SSSR count). The third-order valence-electron chi connectivity index (χ3n) is 4.00. The number of amides is 1. The zero-order valence-corrected chi connectivity index (χ0v) is 15.4. The Balaban J connectivity index is 1.72. The monoisotopic (exact) mass is 375 g/mol. The third kappa shape index (κ3) is 6.08. The van der Waals surface area contributed by atoms with Gasteiger partial charge in [0.2, 0.25) is 5.91 Å². The quantitative estimate of drug-likeness (QED) is 0.675. The van der Waals surface area contributed by atoms with Crippen LogP contribution in [-0.2, 0) is 11.2 Å². The molecule has 0 atom stereocenters. The molecule has 2 aromatic carbocycles. The standard InChI is InChI=1S/C20H22ClNO4/c1-22(13-4-14-26-17-10-8-16(21)9-11-17)19(23)12-7-15-5-2-3-6-18(15)20(24)25/h2-3,5-6,8-11H,4,7,12-14H2,1H3,(H,24,25). The molecular weight excluding hydrogens is 354 g/mol. The van der Waals surface area contributed by atoms with Crippen molar-refractivity contribution in [3.05, 3.63) is 64.7 Å². The summed E-state index contributed by atoms with van der Waals surface area (Å²) in [6.07, 6.45) is 1.39. The van der Waals surface area contributed by atoms with Gasteiger partial charge in [0.05, 0.1) is 12.2 Å². The molecule has 1 N–H and O–H groups in total. The summed E-state index contributed by atoms with van der Waals surface area (Å²) in [6.45, 7) is 1.08. The van der Waals surface area contributed by atoms with E-state index in [0.29, 0.717) is 36.6 Å². The highest BCUT2D eigenvalue weighted by Crippen LogP contribution is 2.16. The van der Waals surface area contributed by atoms with E-state index in [4.69, 9.17) is 16.3 Å². The highest BCUT2D eigenvalue weighted by atomic mass is 35.5. The molecule has 0 unspecified atom stereocenters. The van der Waals surface area contributed by atoms with Crippen LogP contribution >= 0.6 is 11.6 Å². The van der Waals surface area contributed by atoms with Gasteiger partial charge in [0, 0.05) is 25.0 Å². The van der Waals surface area contributed by atoms with Crippen molar-refractivity contribution in [2.24, 2.45) is 0 Å². The first kappa shape index (κ1) is 19.8. The van der Waals surface area contributed by atoms with Gasteiger partial charge in [-0.15, -0.1) is 0 Å². The molecule has 0 saturated carbocycles. The molecule has 0 spiro atoms. The number of benzene rings is 2. The Morgan fingerprint density at radius 1 is 1.12 bits per heavy atom. The maximum Gasteiger partial charge on any atom is 0.335 e. The third-order valence-corrected chi connectivity index (χ3v) is 4.25. The van der Waals surface area contributed by atoms with Crippen molar-refractivity contribution in [2.75, 3.05) is 20.2 Å². The molecule has 5 nitrogen and oxygen atoms in total. The maximum atomic E-state index is 12.2. The van der Waals surface area contributed by atoms with E-state index in [1.807, 2.05) is 0 Å². The second-order valence-corrected chi connectivity index (χ2v) is 6.37. The molecule has 0 aliphatic carbocycles. The highest BCUT2D eigenvalue weighted by molar-refractivity contribution is 6.30. The van der Waals surface area contributed by atoms with Crippen molar-refractivity contribution in [1.29, 1.82) is 0 Å². The number of carboxylic acid groups (broad SMARTS) is 1. The van der Waals surface area contributed by atoms with Crippen molar-refractivity contribution in [3.63, 3.8) is 0 Å². The Kier molecular flexibility index (Phi) is 7.48. The summed E-state index contributed by atoms with van der Waals surface area (Å²) in [5.74, 6) is -0.244. The number of rotatable bonds is 9. The predicted octanol–water partition coefficient (Wildman–Crippen LogP) is 3.90. The number of carbonyl (C=O) groups is 2. The van der Waals surface area contributed by atoms with Gasteiger partial charge in [-0.25, -0.2) is 4.79 Å². The van der Waals surface area contributed by atoms with Crippen molar-refractivity contribution in [3.8, 4) is 5.75 Å². The van der Waals surface area contributed by atoms with E-state index in [-0.39, 0.29) is 17.9 Å². The first-order valence-corrected chi connectivity index (χ1v) is 8.78. The molecule has 26 heavy (non-hydrogen) atoms. The summed E-state index contributed by atoms with van der Waals surface area (Å²) in [7, 11) is 1.74. The first-order valence-electron chi connectivity index (χ1n) is 8.41. The lowest BCUT2D eigenvalue weighted by Gasteiger charge is -2.17. The number of ether oxygens (including phenoxy) is 1. The molecule has 6 heteroatoms. The van der Waals surface area contributed by atoms with Crippen LogP contribution in [0.15, 0.2) is 48.5 Å². The van der Waals surface area contributed by atoms with Gasteiger partial charge >= 0.3 is 5.97 Å². The van der Waals surface area contributed by atoms with Gasteiger partial charge in [-0.05, 0) is 48.7 Å². The molecule has 138 valence electrons. The van der Waals surface area contributed by atoms with Crippen LogP contribution in [-0.4, -0.2) is 42.1 Å². The van der Waals surface area contributed by atoms with Crippen LogP contribution in [0.5, 0.6) is 5.75 Å². The Bertz CT molecular complexity index is 746. The van der Waals surface area contributed by atoms with E-state index < -0.39 is 5.97 Å². The highest BCUT2D eigenvalue weighted by Gasteiger charge is 2.13. The van der Waals surface area contributed by atoms with Gasteiger partial charge in [0.1, 0.15) is 5.75 Å². The van der Waals surface area contributed by atoms with E-state index in [1.165, 1.54) is 0 Å². The summed E-state index contributed by atoms with van der Waals surface area (Å²) in [4.78, 5) is 25.1. The van der Waals surface area contributed by atoms with E-state index in [0.717, 1.165) is 5.75 Å². The molecule has 1 amide bonds. The number of carbonyl (C=O) groups excluding carboxylic acids is 1. The smallest absolute Gasteiger partial charge is 0.335 e. The maximum absolute atomic E-state index is 12.2. The zero-order chi connectivity index (χ0) is 18.9. The second-order valence-electron chi connectivity index (χ2n) is 5.93. The van der Waals surface area contributed by atoms with Crippen LogP contribution < -0.4 is 4.74 Å². The summed E-state index contributed by atoms with van der Waals surface area (Å²) in [6, 6.07) is 13.9. The van der Waals surface area contributed by atoms with Crippen LogP contribution in [0, 0.1) is 0 Å². The molecule has 0 heterocycles. The van der Waals surface area contributed by atoms with E-state index in [9.17, 15) is 14.7 Å². The number of hydrogen-bond acceptors (Lipinski definition) is 3. The number of halogens is 1.